The molecule has 0 bridgehead atoms. The third-order valence-electron chi connectivity index (χ3n) is 3.06. The van der Waals surface area contributed by atoms with E-state index in [9.17, 15) is 4.79 Å². The molecule has 2 N–H and O–H groups in total. The summed E-state index contributed by atoms with van der Waals surface area (Å²) in [6.07, 6.45) is 8.28. The molecule has 1 aliphatic heterocycles. The van der Waals surface area contributed by atoms with Gasteiger partial charge in [0.1, 0.15) is 0 Å². The number of hydrogen-bond acceptors (Lipinski definition) is 4. The molecule has 0 saturated carbocycles. The minimum absolute atomic E-state index is 0.187. The van der Waals surface area contributed by atoms with Crippen LogP contribution in [0.3, 0.4) is 0 Å². The zero-order valence-electron chi connectivity index (χ0n) is 11.0. The monoisotopic (exact) mass is 291 g/mol. The van der Waals surface area contributed by atoms with Crippen LogP contribution in [-0.4, -0.2) is 35.2 Å². The predicted octanol–water partition coefficient (Wildman–Crippen LogP) is 2.98. The van der Waals surface area contributed by atoms with Crippen LogP contribution in [0.25, 0.3) is 0 Å². The minimum atomic E-state index is 0.187. The van der Waals surface area contributed by atoms with Crippen molar-refractivity contribution in [3.8, 4) is 0 Å². The van der Waals surface area contributed by atoms with Gasteiger partial charge in [0, 0.05) is 30.6 Å². The SMILES string of the molecule is O=C(CCCCC1CCSS1)NCCCCCO. The van der Waals surface area contributed by atoms with Crippen LogP contribution in [0.1, 0.15) is 51.4 Å². The van der Waals surface area contributed by atoms with Crippen LogP contribution in [0.5, 0.6) is 0 Å². The van der Waals surface area contributed by atoms with Crippen LogP contribution < -0.4 is 5.32 Å². The number of aliphatic hydroxyl groups is 1. The van der Waals surface area contributed by atoms with Gasteiger partial charge in [0.2, 0.25) is 5.91 Å². The molecule has 1 amide bonds. The standard InChI is InChI=1S/C13H25NO2S2/c15-10-5-1-4-9-14-13(16)7-3-2-6-12-8-11-17-18-12/h12,15H,1-11H2,(H,14,16). The summed E-state index contributed by atoms with van der Waals surface area (Å²) < 4.78 is 0. The summed E-state index contributed by atoms with van der Waals surface area (Å²) >= 11 is 0. The molecule has 1 atom stereocenters. The Balaban J connectivity index is 1.84. The second-order valence-electron chi connectivity index (χ2n) is 4.71. The number of rotatable bonds is 10. The van der Waals surface area contributed by atoms with Crippen LogP contribution in [0.15, 0.2) is 0 Å². The molecule has 0 aromatic heterocycles. The first-order valence-corrected chi connectivity index (χ1v) is 9.37. The molecule has 0 aliphatic carbocycles. The quantitative estimate of drug-likeness (QED) is 0.480. The van der Waals surface area contributed by atoms with Crippen molar-refractivity contribution in [3.05, 3.63) is 0 Å². The van der Waals surface area contributed by atoms with E-state index in [1.165, 1.54) is 25.0 Å². The molecule has 0 aromatic carbocycles. The van der Waals surface area contributed by atoms with Crippen molar-refractivity contribution in [1.82, 2.24) is 5.32 Å². The fraction of sp³-hybridized carbons (Fsp3) is 0.923. The average molecular weight is 291 g/mol. The zero-order chi connectivity index (χ0) is 13.1. The van der Waals surface area contributed by atoms with E-state index >= 15 is 0 Å². The Kier molecular flexibility index (Phi) is 9.89. The first kappa shape index (κ1) is 16.2. The molecule has 0 aromatic rings. The summed E-state index contributed by atoms with van der Waals surface area (Å²) in [4.78, 5) is 11.5. The van der Waals surface area contributed by atoms with E-state index in [1.54, 1.807) is 0 Å². The topological polar surface area (TPSA) is 49.3 Å². The van der Waals surface area contributed by atoms with E-state index in [1.807, 2.05) is 21.6 Å². The zero-order valence-corrected chi connectivity index (χ0v) is 12.7. The molecule has 106 valence electrons. The predicted molar refractivity (Wildman–Crippen MR) is 80.9 cm³/mol. The Hall–Kier alpha value is 0.130. The van der Waals surface area contributed by atoms with Crippen LogP contribution in [0.4, 0.5) is 0 Å². The Morgan fingerprint density at radius 1 is 1.22 bits per heavy atom. The number of aliphatic hydroxyl groups excluding tert-OH is 1. The maximum absolute atomic E-state index is 11.5. The highest BCUT2D eigenvalue weighted by Gasteiger charge is 2.15. The number of carbonyl (C=O) groups is 1. The van der Waals surface area contributed by atoms with E-state index in [0.29, 0.717) is 6.42 Å². The second-order valence-corrected chi connectivity index (χ2v) is 7.50. The van der Waals surface area contributed by atoms with Crippen molar-refractivity contribution >= 4 is 27.5 Å². The van der Waals surface area contributed by atoms with Gasteiger partial charge in [-0.3, -0.25) is 4.79 Å². The summed E-state index contributed by atoms with van der Waals surface area (Å²) in [5, 5.41) is 12.4. The van der Waals surface area contributed by atoms with Crippen molar-refractivity contribution in [2.45, 2.75) is 56.6 Å². The van der Waals surface area contributed by atoms with E-state index in [0.717, 1.165) is 37.5 Å². The summed E-state index contributed by atoms with van der Waals surface area (Å²) in [5.41, 5.74) is 0. The molecule has 1 rings (SSSR count). The minimum Gasteiger partial charge on any atom is -0.396 e. The Morgan fingerprint density at radius 2 is 2.11 bits per heavy atom. The molecule has 3 nitrogen and oxygen atoms in total. The maximum atomic E-state index is 11.5. The number of unbranched alkanes of at least 4 members (excludes halogenated alkanes) is 3. The molecule has 1 aliphatic rings. The van der Waals surface area contributed by atoms with Crippen LogP contribution in [0, 0.1) is 0 Å². The molecule has 0 radical (unpaired) electrons. The van der Waals surface area contributed by atoms with E-state index in [-0.39, 0.29) is 12.5 Å². The number of hydrogen-bond donors (Lipinski definition) is 2. The van der Waals surface area contributed by atoms with Gasteiger partial charge in [0.05, 0.1) is 0 Å². The normalized spacial score (nSPS) is 19.1. The molecule has 1 heterocycles. The van der Waals surface area contributed by atoms with E-state index in [2.05, 4.69) is 5.32 Å². The molecule has 5 heteroatoms. The van der Waals surface area contributed by atoms with Crippen LogP contribution in [0.2, 0.25) is 0 Å². The first-order valence-electron chi connectivity index (χ1n) is 6.98. The van der Waals surface area contributed by atoms with Crippen LogP contribution >= 0.6 is 21.6 Å². The Bertz CT molecular complexity index is 221. The van der Waals surface area contributed by atoms with Crippen molar-refractivity contribution < 1.29 is 9.90 Å². The lowest BCUT2D eigenvalue weighted by atomic mass is 10.1. The van der Waals surface area contributed by atoms with Crippen molar-refractivity contribution in [3.63, 3.8) is 0 Å². The molecular weight excluding hydrogens is 266 g/mol. The molecule has 0 spiro atoms. The Morgan fingerprint density at radius 3 is 2.83 bits per heavy atom. The number of nitrogens with one attached hydrogen (secondary N) is 1. The summed E-state index contributed by atoms with van der Waals surface area (Å²) in [6, 6.07) is 0. The molecule has 1 saturated heterocycles. The molecule has 1 fully saturated rings. The van der Waals surface area contributed by atoms with Gasteiger partial charge in [-0.25, -0.2) is 0 Å². The number of carbonyl (C=O) groups excluding carboxylic acids is 1. The molecule has 1 unspecified atom stereocenters. The third kappa shape index (κ3) is 8.27. The average Bonchev–Trinajstić information content (AvgIpc) is 2.87. The van der Waals surface area contributed by atoms with Gasteiger partial charge in [-0.2, -0.15) is 0 Å². The largest absolute Gasteiger partial charge is 0.396 e. The van der Waals surface area contributed by atoms with Gasteiger partial charge in [-0.05, 0) is 38.5 Å². The molecular formula is C13H25NO2S2. The lowest BCUT2D eigenvalue weighted by Gasteiger charge is -2.07. The van der Waals surface area contributed by atoms with E-state index < -0.39 is 0 Å². The van der Waals surface area contributed by atoms with Gasteiger partial charge in [0.25, 0.3) is 0 Å². The summed E-state index contributed by atoms with van der Waals surface area (Å²) in [5.74, 6) is 1.48. The fourth-order valence-electron chi connectivity index (χ4n) is 1.95. The highest BCUT2D eigenvalue weighted by molar-refractivity contribution is 8.77. The lowest BCUT2D eigenvalue weighted by Crippen LogP contribution is -2.24. The molecule has 18 heavy (non-hydrogen) atoms. The highest BCUT2D eigenvalue weighted by atomic mass is 33.1. The fourth-order valence-corrected chi connectivity index (χ4v) is 4.98. The first-order chi connectivity index (χ1) is 8.83. The Labute approximate surface area is 118 Å². The van der Waals surface area contributed by atoms with Crippen molar-refractivity contribution in [2.75, 3.05) is 18.9 Å². The van der Waals surface area contributed by atoms with Crippen LogP contribution in [-0.2, 0) is 4.79 Å². The third-order valence-corrected chi connectivity index (χ3v) is 6.07. The van der Waals surface area contributed by atoms with Crippen molar-refractivity contribution in [1.29, 1.82) is 0 Å². The van der Waals surface area contributed by atoms with Gasteiger partial charge in [0.15, 0.2) is 0 Å². The van der Waals surface area contributed by atoms with Crippen molar-refractivity contribution in [2.24, 2.45) is 0 Å². The highest BCUT2D eigenvalue weighted by Crippen LogP contribution is 2.39. The summed E-state index contributed by atoms with van der Waals surface area (Å²) in [6.45, 7) is 1.01. The lowest BCUT2D eigenvalue weighted by molar-refractivity contribution is -0.121. The van der Waals surface area contributed by atoms with Gasteiger partial charge >= 0.3 is 0 Å². The summed E-state index contributed by atoms with van der Waals surface area (Å²) in [7, 11) is 4.00. The van der Waals surface area contributed by atoms with Gasteiger partial charge in [-0.15, -0.1) is 0 Å². The smallest absolute Gasteiger partial charge is 0.219 e. The maximum Gasteiger partial charge on any atom is 0.219 e. The number of amides is 1. The van der Waals surface area contributed by atoms with E-state index in [4.69, 9.17) is 5.11 Å². The van der Waals surface area contributed by atoms with Gasteiger partial charge in [-0.1, -0.05) is 28.0 Å². The van der Waals surface area contributed by atoms with Gasteiger partial charge < -0.3 is 10.4 Å². The second kappa shape index (κ2) is 11.0.